The first-order valence-electron chi connectivity index (χ1n) is 18.4. The molecule has 1 saturated carbocycles. The number of hydrogen-bond donors (Lipinski definition) is 2. The van der Waals surface area contributed by atoms with Crippen LogP contribution in [0.1, 0.15) is 67.2 Å². The Morgan fingerprint density at radius 3 is 2.36 bits per heavy atom. The molecule has 3 N–H and O–H groups in total. The number of nitrogens with one attached hydrogen (secondary N) is 1. The minimum absolute atomic E-state index is 0.000136. The Hall–Kier alpha value is -4.84. The van der Waals surface area contributed by atoms with Crippen molar-refractivity contribution < 1.29 is 37.0 Å². The highest BCUT2D eigenvalue weighted by Crippen LogP contribution is 2.37. The number of nitrogens with zero attached hydrogens (tertiary/aromatic N) is 2. The molecule has 3 aromatic rings. The molecule has 2 heterocycles. The topological polar surface area (TPSA) is 114 Å². The minimum atomic E-state index is -1.34. The molecule has 0 spiro atoms. The van der Waals surface area contributed by atoms with Crippen molar-refractivity contribution in [1.29, 1.82) is 0 Å². The van der Waals surface area contributed by atoms with E-state index in [-0.39, 0.29) is 49.4 Å². The van der Waals surface area contributed by atoms with Gasteiger partial charge in [0, 0.05) is 43.6 Å². The highest BCUT2D eigenvalue weighted by Gasteiger charge is 2.43. The second-order valence-electron chi connectivity index (χ2n) is 14.3. The summed E-state index contributed by atoms with van der Waals surface area (Å²) in [5.74, 6) is -3.99. The molecule has 3 aromatic carbocycles. The molecule has 0 aromatic heterocycles. The summed E-state index contributed by atoms with van der Waals surface area (Å²) in [6, 6.07) is 15.1. The zero-order chi connectivity index (χ0) is 37.6. The second-order valence-corrected chi connectivity index (χ2v) is 14.3. The number of ether oxygens (including phenoxy) is 2. The third-order valence-electron chi connectivity index (χ3n) is 10.3. The van der Waals surface area contributed by atoms with E-state index in [2.05, 4.69) is 5.32 Å². The van der Waals surface area contributed by atoms with Crippen LogP contribution in [0.5, 0.6) is 11.5 Å². The summed E-state index contributed by atoms with van der Waals surface area (Å²) in [5.41, 5.74) is 11.1. The van der Waals surface area contributed by atoms with Crippen molar-refractivity contribution in [2.24, 2.45) is 5.73 Å². The molecule has 0 radical (unpaired) electrons. The average Bonchev–Trinajstić information content (AvgIpc) is 3.98. The fourth-order valence-corrected chi connectivity index (χ4v) is 7.16. The van der Waals surface area contributed by atoms with E-state index in [0.29, 0.717) is 57.5 Å². The highest BCUT2D eigenvalue weighted by molar-refractivity contribution is 6.03. The van der Waals surface area contributed by atoms with Gasteiger partial charge in [0.25, 0.3) is 5.91 Å². The lowest BCUT2D eigenvalue weighted by Crippen LogP contribution is -2.62. The normalized spacial score (nSPS) is 18.2. The molecule has 6 rings (SSSR count). The van der Waals surface area contributed by atoms with Gasteiger partial charge in [0.15, 0.2) is 17.4 Å². The maximum atomic E-state index is 14.7. The summed E-state index contributed by atoms with van der Waals surface area (Å²) < 4.78 is 52.8. The number of nitrogens with two attached hydrogens (primary N) is 1. The second kappa shape index (κ2) is 16.9. The highest BCUT2D eigenvalue weighted by atomic mass is 19.2. The number of aryl methyl sites for hydroxylation is 3. The van der Waals surface area contributed by atoms with E-state index >= 15 is 0 Å². The molecule has 2 aliphatic heterocycles. The van der Waals surface area contributed by atoms with E-state index in [1.807, 2.05) is 61.2 Å². The summed E-state index contributed by atoms with van der Waals surface area (Å²) in [4.78, 5) is 42.9. The number of benzene rings is 3. The van der Waals surface area contributed by atoms with Gasteiger partial charge in [-0.25, -0.2) is 8.78 Å². The standard InChI is InChI=1S/C41H47F3N4O5/c1-25-8-15-31(21-26(25)2)52-20-18-48(30-13-14-30)41(51)38-32(22-29-23-47(24-35(38)46-29)37(50)7-3-6-36(45)49)28-11-9-27(10-12-28)5-4-19-53-40-34(43)17-16-33(42)39(40)44/h8-12,15-17,21,29-30,35,46H,3-7,13-14,18-20,22-24H2,1-2H3,(H2,45,49)/t29-,35-/m1/s1. The van der Waals surface area contributed by atoms with E-state index in [4.69, 9.17) is 15.2 Å². The molecule has 2 atom stereocenters. The third-order valence-corrected chi connectivity index (χ3v) is 10.3. The predicted molar refractivity (Wildman–Crippen MR) is 195 cm³/mol. The number of carbonyl (C=O) groups is 3. The van der Waals surface area contributed by atoms with Crippen molar-refractivity contribution in [1.82, 2.24) is 15.1 Å². The smallest absolute Gasteiger partial charge is 0.252 e. The summed E-state index contributed by atoms with van der Waals surface area (Å²) >= 11 is 0. The average molecular weight is 733 g/mol. The Kier molecular flexibility index (Phi) is 12.1. The van der Waals surface area contributed by atoms with Crippen molar-refractivity contribution in [3.63, 3.8) is 0 Å². The van der Waals surface area contributed by atoms with Gasteiger partial charge < -0.3 is 30.3 Å². The molecular weight excluding hydrogens is 685 g/mol. The van der Waals surface area contributed by atoms with Crippen LogP contribution in [0.15, 0.2) is 60.2 Å². The van der Waals surface area contributed by atoms with Crippen molar-refractivity contribution >= 4 is 23.3 Å². The van der Waals surface area contributed by atoms with Crippen molar-refractivity contribution in [3.8, 4) is 11.5 Å². The Morgan fingerprint density at radius 1 is 0.887 bits per heavy atom. The third kappa shape index (κ3) is 9.40. The van der Waals surface area contributed by atoms with Gasteiger partial charge in [-0.1, -0.05) is 30.3 Å². The first-order chi connectivity index (χ1) is 25.5. The predicted octanol–water partition coefficient (Wildman–Crippen LogP) is 5.78. The molecule has 3 amide bonds. The number of halogens is 3. The lowest BCUT2D eigenvalue weighted by molar-refractivity contribution is -0.134. The van der Waals surface area contributed by atoms with Gasteiger partial charge in [-0.05, 0) is 104 Å². The Morgan fingerprint density at radius 2 is 1.64 bits per heavy atom. The van der Waals surface area contributed by atoms with Crippen LogP contribution in [0.4, 0.5) is 13.2 Å². The molecule has 3 aliphatic rings. The van der Waals surface area contributed by atoms with Gasteiger partial charge in [-0.2, -0.15) is 4.39 Å². The minimum Gasteiger partial charge on any atom is -0.492 e. The Bertz CT molecular complexity index is 1860. The molecule has 282 valence electrons. The number of primary amides is 1. The van der Waals surface area contributed by atoms with E-state index in [1.54, 1.807) is 4.90 Å². The number of hydrogen-bond acceptors (Lipinski definition) is 6. The molecule has 12 heteroatoms. The molecular formula is C41H47F3N4O5. The number of amides is 3. The largest absolute Gasteiger partial charge is 0.492 e. The summed E-state index contributed by atoms with van der Waals surface area (Å²) in [6.07, 6.45) is 4.11. The van der Waals surface area contributed by atoms with Crippen LogP contribution in [-0.2, 0) is 20.8 Å². The maximum absolute atomic E-state index is 14.7. The van der Waals surface area contributed by atoms with Crippen LogP contribution in [-0.4, -0.2) is 78.5 Å². The van der Waals surface area contributed by atoms with Crippen LogP contribution in [0.3, 0.4) is 0 Å². The molecule has 1 aliphatic carbocycles. The van der Waals surface area contributed by atoms with Crippen LogP contribution >= 0.6 is 0 Å². The molecule has 2 bridgehead atoms. The molecule has 53 heavy (non-hydrogen) atoms. The number of carbonyl (C=O) groups excluding carboxylic acids is 3. The van der Waals surface area contributed by atoms with Crippen LogP contribution < -0.4 is 20.5 Å². The molecule has 2 fully saturated rings. The molecule has 9 nitrogen and oxygen atoms in total. The summed E-state index contributed by atoms with van der Waals surface area (Å²) in [5, 5.41) is 3.63. The first kappa shape index (κ1) is 37.9. The fraction of sp³-hybridized carbons (Fsp3) is 0.439. The lowest BCUT2D eigenvalue weighted by atomic mass is 9.82. The summed E-state index contributed by atoms with van der Waals surface area (Å²) in [7, 11) is 0. The zero-order valence-electron chi connectivity index (χ0n) is 30.3. The van der Waals surface area contributed by atoms with Crippen LogP contribution in [0.25, 0.3) is 5.57 Å². The Balaban J connectivity index is 1.19. The van der Waals surface area contributed by atoms with Gasteiger partial charge >= 0.3 is 0 Å². The van der Waals surface area contributed by atoms with Crippen LogP contribution in [0, 0.1) is 31.3 Å². The van der Waals surface area contributed by atoms with Crippen molar-refractivity contribution in [2.45, 2.75) is 83.3 Å². The SMILES string of the molecule is Cc1ccc(OCCN(C(=O)C2=C(c3ccc(CCCOc4c(F)ccc(F)c4F)cc3)C[C@@H]3CN(C(=O)CCCC(N)=O)C[C@H]2N3)C2CC2)cc1C. The van der Waals surface area contributed by atoms with E-state index in [9.17, 15) is 27.6 Å². The van der Waals surface area contributed by atoms with Crippen LogP contribution in [0.2, 0.25) is 0 Å². The fourth-order valence-electron chi connectivity index (χ4n) is 7.16. The maximum Gasteiger partial charge on any atom is 0.252 e. The van der Waals surface area contributed by atoms with Crippen molar-refractivity contribution in [2.75, 3.05) is 32.8 Å². The van der Waals surface area contributed by atoms with Gasteiger partial charge in [-0.3, -0.25) is 14.4 Å². The zero-order valence-corrected chi connectivity index (χ0v) is 30.3. The number of piperazine rings is 1. The monoisotopic (exact) mass is 732 g/mol. The lowest BCUT2D eigenvalue weighted by Gasteiger charge is -2.45. The summed E-state index contributed by atoms with van der Waals surface area (Å²) in [6.45, 7) is 5.67. The number of rotatable bonds is 16. The van der Waals surface area contributed by atoms with Gasteiger partial charge in [0.2, 0.25) is 17.6 Å². The molecule has 0 unspecified atom stereocenters. The van der Waals surface area contributed by atoms with E-state index < -0.39 is 29.1 Å². The van der Waals surface area contributed by atoms with Gasteiger partial charge in [0.1, 0.15) is 12.4 Å². The quantitative estimate of drug-likeness (QED) is 0.143. The van der Waals surface area contributed by atoms with E-state index in [0.717, 1.165) is 53.0 Å². The van der Waals surface area contributed by atoms with Gasteiger partial charge in [0.05, 0.1) is 19.2 Å². The van der Waals surface area contributed by atoms with E-state index in [1.165, 1.54) is 5.56 Å². The van der Waals surface area contributed by atoms with Crippen molar-refractivity contribution in [3.05, 3.63) is 99.9 Å². The number of fused-ring (bicyclic) bond motifs is 2. The van der Waals surface area contributed by atoms with Gasteiger partial charge in [-0.15, -0.1) is 0 Å². The molecule has 1 saturated heterocycles. The Labute approximate surface area is 308 Å². The first-order valence-corrected chi connectivity index (χ1v) is 18.4.